The van der Waals surface area contributed by atoms with Crippen LogP contribution in [0.4, 0.5) is 0 Å². The number of fused-ring (bicyclic) bond motifs is 1. The number of imidazole rings is 1. The summed E-state index contributed by atoms with van der Waals surface area (Å²) in [4.78, 5) is 7.78. The van der Waals surface area contributed by atoms with Gasteiger partial charge < -0.3 is 14.5 Å². The number of nitriles is 1. The summed E-state index contributed by atoms with van der Waals surface area (Å²) in [5, 5.41) is 9.70. The zero-order chi connectivity index (χ0) is 21.8. The van der Waals surface area contributed by atoms with Crippen LogP contribution >= 0.6 is 22.6 Å². The minimum absolute atomic E-state index is 0.448. The number of H-pyrrole nitrogens is 1. The molecule has 0 atom stereocenters. The Labute approximate surface area is 194 Å². The quantitative estimate of drug-likeness (QED) is 0.245. The van der Waals surface area contributed by atoms with Crippen LogP contribution in [0.25, 0.3) is 22.7 Å². The van der Waals surface area contributed by atoms with E-state index in [1.54, 1.807) is 13.2 Å². The van der Waals surface area contributed by atoms with Crippen LogP contribution in [-0.4, -0.2) is 17.1 Å². The molecular weight excluding hydrogens is 501 g/mol. The number of aromatic amines is 1. The number of nitrogens with one attached hydrogen (secondary N) is 1. The average molecular weight is 521 g/mol. The maximum Gasteiger partial charge on any atom is 0.161 e. The number of benzene rings is 3. The molecule has 1 N–H and O–H groups in total. The van der Waals surface area contributed by atoms with Gasteiger partial charge in [0, 0.05) is 3.57 Å². The molecule has 4 aromatic rings. The molecule has 0 bridgehead atoms. The number of aryl methyl sites for hydroxylation is 1. The van der Waals surface area contributed by atoms with Crippen molar-refractivity contribution in [2.75, 3.05) is 7.11 Å². The molecule has 0 saturated carbocycles. The molecule has 0 radical (unpaired) electrons. The minimum atomic E-state index is 0.448. The maximum atomic E-state index is 9.70. The summed E-state index contributed by atoms with van der Waals surface area (Å²) < 4.78 is 12.6. The van der Waals surface area contributed by atoms with E-state index in [4.69, 9.17) is 9.47 Å². The van der Waals surface area contributed by atoms with Crippen LogP contribution in [0, 0.1) is 21.8 Å². The van der Waals surface area contributed by atoms with Crippen LogP contribution in [0.15, 0.2) is 60.7 Å². The van der Waals surface area contributed by atoms with E-state index in [1.165, 1.54) is 3.57 Å². The zero-order valence-corrected chi connectivity index (χ0v) is 19.3. The summed E-state index contributed by atoms with van der Waals surface area (Å²) in [7, 11) is 1.60. The highest BCUT2D eigenvalue weighted by Gasteiger charge is 2.10. The van der Waals surface area contributed by atoms with Gasteiger partial charge >= 0.3 is 0 Å². The van der Waals surface area contributed by atoms with Gasteiger partial charge in [-0.3, -0.25) is 0 Å². The number of aromatic nitrogens is 2. The highest BCUT2D eigenvalue weighted by Crippen LogP contribution is 2.30. The lowest BCUT2D eigenvalue weighted by Crippen LogP contribution is -1.98. The molecular formula is C25H20IN3O2. The number of hydrogen-bond donors (Lipinski definition) is 1. The lowest BCUT2D eigenvalue weighted by molar-refractivity contribution is 0.284. The van der Waals surface area contributed by atoms with E-state index in [9.17, 15) is 5.26 Å². The van der Waals surface area contributed by atoms with Crippen molar-refractivity contribution in [2.45, 2.75) is 13.5 Å². The zero-order valence-electron chi connectivity index (χ0n) is 17.1. The molecule has 0 unspecified atom stereocenters. The molecule has 0 aliphatic carbocycles. The molecule has 31 heavy (non-hydrogen) atoms. The molecule has 3 aromatic carbocycles. The summed E-state index contributed by atoms with van der Waals surface area (Å²) in [6.07, 6.45) is 1.79. The summed E-state index contributed by atoms with van der Waals surface area (Å²) in [5.41, 5.74) is 5.23. The molecule has 0 spiro atoms. The molecule has 0 aliphatic heterocycles. The molecule has 0 fully saturated rings. The highest BCUT2D eigenvalue weighted by atomic mass is 127. The van der Waals surface area contributed by atoms with Crippen LogP contribution in [0.2, 0.25) is 0 Å². The van der Waals surface area contributed by atoms with Crippen molar-refractivity contribution < 1.29 is 9.47 Å². The number of nitrogens with zero attached hydrogens (tertiary/aromatic N) is 2. The van der Waals surface area contributed by atoms with Gasteiger partial charge in [0.1, 0.15) is 18.5 Å². The van der Waals surface area contributed by atoms with E-state index in [0.29, 0.717) is 29.5 Å². The van der Waals surface area contributed by atoms with E-state index in [0.717, 1.165) is 27.7 Å². The molecule has 0 aliphatic rings. The van der Waals surface area contributed by atoms with Gasteiger partial charge in [-0.2, -0.15) is 5.26 Å². The van der Waals surface area contributed by atoms with Gasteiger partial charge in [-0.15, -0.1) is 0 Å². The molecule has 1 aromatic heterocycles. The lowest BCUT2D eigenvalue weighted by Gasteiger charge is -2.11. The number of hydrogen-bond acceptors (Lipinski definition) is 4. The minimum Gasteiger partial charge on any atom is -0.493 e. The molecule has 4 rings (SSSR count). The van der Waals surface area contributed by atoms with Gasteiger partial charge in [0.25, 0.3) is 0 Å². The van der Waals surface area contributed by atoms with Crippen molar-refractivity contribution in [3.8, 4) is 17.6 Å². The summed E-state index contributed by atoms with van der Waals surface area (Å²) in [5.74, 6) is 1.80. The Balaban J connectivity index is 1.58. The predicted molar refractivity (Wildman–Crippen MR) is 131 cm³/mol. The number of allylic oxidation sites excluding steroid dienone is 1. The van der Waals surface area contributed by atoms with Crippen molar-refractivity contribution in [1.29, 1.82) is 5.26 Å². The molecule has 154 valence electrons. The first-order valence-corrected chi connectivity index (χ1v) is 10.8. The van der Waals surface area contributed by atoms with E-state index >= 15 is 0 Å². The van der Waals surface area contributed by atoms with Crippen LogP contribution in [0.3, 0.4) is 0 Å². The second-order valence-corrected chi connectivity index (χ2v) is 8.35. The van der Waals surface area contributed by atoms with Crippen molar-refractivity contribution in [3.05, 3.63) is 86.7 Å². The van der Waals surface area contributed by atoms with Crippen molar-refractivity contribution in [2.24, 2.45) is 0 Å². The fourth-order valence-corrected chi connectivity index (χ4v) is 3.57. The topological polar surface area (TPSA) is 70.9 Å². The van der Waals surface area contributed by atoms with Crippen LogP contribution in [-0.2, 0) is 6.61 Å². The standard InChI is InChI=1S/C25H20IN3O2/c1-16-3-9-21-22(11-16)29-25(28-21)19(14-27)12-18-6-10-23(24(13-18)30-2)31-15-17-4-7-20(26)8-5-17/h3-13H,15H2,1-2H3,(H,28,29)/b19-12-. The second kappa shape index (κ2) is 9.23. The van der Waals surface area contributed by atoms with E-state index in [1.807, 2.05) is 67.6 Å². The average Bonchev–Trinajstić information content (AvgIpc) is 3.20. The third-order valence-corrected chi connectivity index (χ3v) is 5.54. The van der Waals surface area contributed by atoms with Crippen LogP contribution in [0.5, 0.6) is 11.5 Å². The van der Waals surface area contributed by atoms with Gasteiger partial charge in [0.15, 0.2) is 11.5 Å². The molecule has 0 amide bonds. The molecule has 1 heterocycles. The number of rotatable bonds is 6. The van der Waals surface area contributed by atoms with Gasteiger partial charge in [0.2, 0.25) is 0 Å². The van der Waals surface area contributed by atoms with E-state index < -0.39 is 0 Å². The summed E-state index contributed by atoms with van der Waals surface area (Å²) in [6, 6.07) is 22.0. The van der Waals surface area contributed by atoms with Gasteiger partial charge in [-0.25, -0.2) is 4.98 Å². The normalized spacial score (nSPS) is 11.4. The van der Waals surface area contributed by atoms with E-state index in [2.05, 4.69) is 38.6 Å². The fraction of sp³-hybridized carbons (Fsp3) is 0.120. The van der Waals surface area contributed by atoms with Gasteiger partial charge in [-0.1, -0.05) is 24.3 Å². The SMILES string of the molecule is COc1cc(/C=C(/C#N)c2nc3ccc(C)cc3[nH]2)ccc1OCc1ccc(I)cc1. The Kier molecular flexibility index (Phi) is 6.23. The third-order valence-electron chi connectivity index (χ3n) is 4.82. The Morgan fingerprint density at radius 1 is 1.10 bits per heavy atom. The molecule has 6 heteroatoms. The van der Waals surface area contributed by atoms with Crippen molar-refractivity contribution in [3.63, 3.8) is 0 Å². The summed E-state index contributed by atoms with van der Waals surface area (Å²) in [6.45, 7) is 2.47. The number of methoxy groups -OCH3 is 1. The predicted octanol–water partition coefficient (Wildman–Crippen LogP) is 6.13. The van der Waals surface area contributed by atoms with Crippen LogP contribution < -0.4 is 9.47 Å². The second-order valence-electron chi connectivity index (χ2n) is 7.10. The Morgan fingerprint density at radius 2 is 1.90 bits per heavy atom. The van der Waals surface area contributed by atoms with Crippen molar-refractivity contribution in [1.82, 2.24) is 9.97 Å². The van der Waals surface area contributed by atoms with Gasteiger partial charge in [0.05, 0.1) is 23.7 Å². The maximum absolute atomic E-state index is 9.70. The first-order valence-electron chi connectivity index (χ1n) is 9.69. The lowest BCUT2D eigenvalue weighted by atomic mass is 10.1. The number of ether oxygens (including phenoxy) is 2. The Morgan fingerprint density at radius 3 is 2.65 bits per heavy atom. The largest absolute Gasteiger partial charge is 0.493 e. The first-order chi connectivity index (χ1) is 15.1. The fourth-order valence-electron chi connectivity index (χ4n) is 3.21. The van der Waals surface area contributed by atoms with Crippen LogP contribution in [0.1, 0.15) is 22.5 Å². The van der Waals surface area contributed by atoms with E-state index in [-0.39, 0.29) is 0 Å². The first kappa shape index (κ1) is 20.9. The van der Waals surface area contributed by atoms with Crippen molar-refractivity contribution >= 4 is 45.3 Å². The summed E-state index contributed by atoms with van der Waals surface area (Å²) >= 11 is 2.28. The monoisotopic (exact) mass is 521 g/mol. The molecule has 0 saturated heterocycles. The highest BCUT2D eigenvalue weighted by molar-refractivity contribution is 14.1. The Bertz CT molecular complexity index is 1300. The number of halogens is 1. The third kappa shape index (κ3) is 4.89. The molecule has 5 nitrogen and oxygen atoms in total. The Hall–Kier alpha value is -3.31. The smallest absolute Gasteiger partial charge is 0.161 e. The van der Waals surface area contributed by atoms with Gasteiger partial charge in [-0.05, 0) is 88.7 Å².